The van der Waals surface area contributed by atoms with Crippen molar-refractivity contribution in [2.24, 2.45) is 11.8 Å². The maximum atomic E-state index is 13.3. The van der Waals surface area contributed by atoms with Crippen LogP contribution in [-0.4, -0.2) is 99.2 Å². The van der Waals surface area contributed by atoms with Gasteiger partial charge >= 0.3 is 0 Å². The van der Waals surface area contributed by atoms with E-state index in [9.17, 15) is 8.42 Å². The van der Waals surface area contributed by atoms with E-state index in [-0.39, 0.29) is 18.2 Å². The van der Waals surface area contributed by atoms with Gasteiger partial charge in [0.2, 0.25) is 10.0 Å². The molecular formula is C21H41N7O2S. The molecule has 7 atom stereocenters. The molecule has 0 radical (unpaired) electrons. The second-order valence-electron chi connectivity index (χ2n) is 10.4. The van der Waals surface area contributed by atoms with Crippen LogP contribution in [0.3, 0.4) is 0 Å². The molecule has 0 aromatic heterocycles. The van der Waals surface area contributed by atoms with Gasteiger partial charge in [-0.15, -0.1) is 0 Å². The molecule has 4 saturated heterocycles. The zero-order chi connectivity index (χ0) is 21.6. The van der Waals surface area contributed by atoms with Crippen LogP contribution in [0.25, 0.3) is 0 Å². The van der Waals surface area contributed by atoms with Crippen molar-refractivity contribution in [3.05, 3.63) is 0 Å². The van der Waals surface area contributed by atoms with E-state index in [0.29, 0.717) is 31.0 Å². The summed E-state index contributed by atoms with van der Waals surface area (Å²) < 4.78 is 29.7. The van der Waals surface area contributed by atoms with Crippen LogP contribution in [-0.2, 0) is 10.0 Å². The van der Waals surface area contributed by atoms with Gasteiger partial charge in [-0.1, -0.05) is 6.42 Å². The van der Waals surface area contributed by atoms with Gasteiger partial charge in [0, 0.05) is 44.8 Å². The number of hydrazine groups is 2. The Morgan fingerprint density at radius 2 is 1.90 bits per heavy atom. The van der Waals surface area contributed by atoms with Gasteiger partial charge in [-0.3, -0.25) is 10.9 Å². The number of nitrogens with one attached hydrogen (secondary N) is 4. The maximum absolute atomic E-state index is 13.3. The lowest BCUT2D eigenvalue weighted by molar-refractivity contribution is 0.0347. The number of likely N-dealkylation sites (N-methyl/N-ethyl adjacent to an activating group) is 1. The summed E-state index contributed by atoms with van der Waals surface area (Å²) in [5.41, 5.74) is 6.80. The summed E-state index contributed by atoms with van der Waals surface area (Å²) >= 11 is 0. The molecule has 4 N–H and O–H groups in total. The van der Waals surface area contributed by atoms with E-state index >= 15 is 0 Å². The quantitative estimate of drug-likeness (QED) is 0.426. The Balaban J connectivity index is 1.17. The molecule has 6 unspecified atom stereocenters. The molecule has 4 aliphatic heterocycles. The molecule has 0 spiro atoms. The van der Waals surface area contributed by atoms with E-state index in [1.165, 1.54) is 32.4 Å². The third kappa shape index (κ3) is 4.55. The van der Waals surface area contributed by atoms with Gasteiger partial charge in [-0.25, -0.2) is 23.2 Å². The summed E-state index contributed by atoms with van der Waals surface area (Å²) in [6, 6.07) is 0.892. The second-order valence-corrected chi connectivity index (χ2v) is 12.4. The number of fused-ring (bicyclic) bond motifs is 1. The predicted molar refractivity (Wildman–Crippen MR) is 121 cm³/mol. The maximum Gasteiger partial charge on any atom is 0.217 e. The number of nitrogens with zero attached hydrogens (tertiary/aromatic N) is 3. The first kappa shape index (κ1) is 22.5. The van der Waals surface area contributed by atoms with Crippen LogP contribution in [0.5, 0.6) is 0 Å². The van der Waals surface area contributed by atoms with Gasteiger partial charge in [0.15, 0.2) is 0 Å². The first-order valence-corrected chi connectivity index (χ1v) is 13.9. The smallest absolute Gasteiger partial charge is 0.217 e. The number of hydrogen-bond donors (Lipinski definition) is 4. The minimum Gasteiger partial charge on any atom is -0.301 e. The normalized spacial score (nSPS) is 41.7. The third-order valence-corrected chi connectivity index (χ3v) is 10.5. The molecule has 5 rings (SSSR count). The van der Waals surface area contributed by atoms with Crippen molar-refractivity contribution in [2.45, 2.75) is 75.0 Å². The average molecular weight is 456 g/mol. The minimum atomic E-state index is -3.38. The Kier molecular flexibility index (Phi) is 6.62. The van der Waals surface area contributed by atoms with Crippen LogP contribution in [0.4, 0.5) is 0 Å². The molecule has 4 heterocycles. The highest BCUT2D eigenvalue weighted by Crippen LogP contribution is 2.32. The molecule has 1 saturated carbocycles. The Bertz CT molecular complexity index is 731. The minimum absolute atomic E-state index is 0.00682. The summed E-state index contributed by atoms with van der Waals surface area (Å²) in [5, 5.41) is 7.51. The van der Waals surface area contributed by atoms with E-state index in [2.05, 4.69) is 42.7 Å². The van der Waals surface area contributed by atoms with E-state index < -0.39 is 15.3 Å². The molecule has 5 fully saturated rings. The Morgan fingerprint density at radius 3 is 2.68 bits per heavy atom. The molecule has 0 amide bonds. The average Bonchev–Trinajstić information content (AvgIpc) is 3.35. The van der Waals surface area contributed by atoms with E-state index in [4.69, 9.17) is 0 Å². The number of piperidine rings is 1. The fraction of sp³-hybridized carbons (Fsp3) is 1.00. The predicted octanol–water partition coefficient (Wildman–Crippen LogP) is -0.498. The number of rotatable bonds is 6. The fourth-order valence-electron chi connectivity index (χ4n) is 6.54. The van der Waals surface area contributed by atoms with Crippen molar-refractivity contribution < 1.29 is 8.42 Å². The van der Waals surface area contributed by atoms with E-state index in [1.54, 1.807) is 0 Å². The van der Waals surface area contributed by atoms with Gasteiger partial charge in [0.25, 0.3) is 0 Å². The second kappa shape index (κ2) is 9.13. The van der Waals surface area contributed by atoms with E-state index in [0.717, 1.165) is 32.4 Å². The largest absolute Gasteiger partial charge is 0.301 e. The van der Waals surface area contributed by atoms with Crippen molar-refractivity contribution in [1.82, 2.24) is 35.8 Å². The zero-order valence-corrected chi connectivity index (χ0v) is 19.9. The zero-order valence-electron chi connectivity index (χ0n) is 19.1. The topological polar surface area (TPSA) is 92.0 Å². The highest BCUT2D eigenvalue weighted by molar-refractivity contribution is 7.90. The fourth-order valence-corrected chi connectivity index (χ4v) is 8.06. The Labute approximate surface area is 187 Å². The van der Waals surface area contributed by atoms with Crippen molar-refractivity contribution in [2.75, 3.05) is 46.3 Å². The molecular weight excluding hydrogens is 414 g/mol. The molecule has 0 bridgehead atoms. The lowest BCUT2D eigenvalue weighted by atomic mass is 9.82. The van der Waals surface area contributed by atoms with Crippen molar-refractivity contribution in [3.8, 4) is 0 Å². The molecule has 10 heteroatoms. The summed E-state index contributed by atoms with van der Waals surface area (Å²) in [7, 11) is -1.33. The van der Waals surface area contributed by atoms with Crippen molar-refractivity contribution in [1.29, 1.82) is 0 Å². The van der Waals surface area contributed by atoms with Crippen LogP contribution < -0.4 is 20.9 Å². The highest BCUT2D eigenvalue weighted by Gasteiger charge is 2.44. The Morgan fingerprint density at radius 1 is 1.06 bits per heavy atom. The van der Waals surface area contributed by atoms with E-state index in [1.807, 2.05) is 7.05 Å². The summed E-state index contributed by atoms with van der Waals surface area (Å²) in [6.45, 7) is 7.85. The molecule has 1 aliphatic carbocycles. The molecule has 9 nitrogen and oxygen atoms in total. The third-order valence-electron chi connectivity index (χ3n) is 8.66. The highest BCUT2D eigenvalue weighted by atomic mass is 32.2. The van der Waals surface area contributed by atoms with Crippen molar-refractivity contribution >= 4 is 10.0 Å². The van der Waals surface area contributed by atoms with Crippen LogP contribution in [0.15, 0.2) is 0 Å². The van der Waals surface area contributed by atoms with Crippen LogP contribution in [0.1, 0.15) is 45.4 Å². The number of hydrogen-bond acceptors (Lipinski definition) is 8. The number of likely N-dealkylation sites (tertiary alicyclic amines) is 1. The Hall–Kier alpha value is -0.330. The van der Waals surface area contributed by atoms with Crippen LogP contribution in [0.2, 0.25) is 0 Å². The standard InChI is InChI=1S/C21H41N7O2S/c1-15(27-9-4-10-27)16-7-8-22-20(11-16)28-14-18(13-24-28)31(29,30)25-19-6-3-5-17-12-23-26(2)21(17)19/h15-25H,3-14H2,1-2H3/t15-,16?,17?,18?,19?,20?,21?/m0/s1. The number of sulfonamides is 1. The van der Waals surface area contributed by atoms with Crippen molar-refractivity contribution in [3.63, 3.8) is 0 Å². The van der Waals surface area contributed by atoms with Gasteiger partial charge in [0.1, 0.15) is 5.25 Å². The summed E-state index contributed by atoms with van der Waals surface area (Å²) in [5.74, 6) is 1.22. The first-order valence-electron chi connectivity index (χ1n) is 12.4. The van der Waals surface area contributed by atoms with Gasteiger partial charge in [0.05, 0.1) is 6.17 Å². The molecule has 5 aliphatic rings. The van der Waals surface area contributed by atoms with Gasteiger partial charge < -0.3 is 10.2 Å². The first-order chi connectivity index (χ1) is 14.9. The molecule has 0 aromatic rings. The van der Waals surface area contributed by atoms with Crippen LogP contribution >= 0.6 is 0 Å². The lowest BCUT2D eigenvalue weighted by Gasteiger charge is -2.44. The summed E-state index contributed by atoms with van der Waals surface area (Å²) in [4.78, 5) is 2.59. The molecule has 0 aromatic carbocycles. The van der Waals surface area contributed by atoms with Gasteiger partial charge in [-0.05, 0) is 70.5 Å². The van der Waals surface area contributed by atoms with Crippen LogP contribution in [0, 0.1) is 11.8 Å². The van der Waals surface area contributed by atoms with Gasteiger partial charge in [-0.2, -0.15) is 0 Å². The molecule has 31 heavy (non-hydrogen) atoms. The SMILES string of the molecule is C[C@@H](C1CCNC(N2CC(S(=O)(=O)NC3CCCC4CNN(C)C43)CN2)C1)N1CCC1. The monoisotopic (exact) mass is 455 g/mol. The lowest BCUT2D eigenvalue weighted by Crippen LogP contribution is -2.57. The molecule has 178 valence electrons. The summed E-state index contributed by atoms with van der Waals surface area (Å²) in [6.07, 6.45) is 7.03.